The summed E-state index contributed by atoms with van der Waals surface area (Å²) < 4.78 is 0. The van der Waals surface area contributed by atoms with Gasteiger partial charge in [0.15, 0.2) is 6.04 Å². The topological polar surface area (TPSA) is 110 Å². The standard InChI is InChI=1S/C12H20N2O5/c1-6(15)10(11(17)18)13-12(19)14-4-7-2-3-9(16)8(7)5-14/h6-10,15-16H,2-5H2,1H3,(H,13,19)(H,17,18). The second kappa shape index (κ2) is 5.34. The molecule has 5 atom stereocenters. The van der Waals surface area contributed by atoms with Crippen LogP contribution in [-0.4, -0.2) is 63.6 Å². The molecule has 2 aliphatic rings. The number of amides is 2. The zero-order valence-corrected chi connectivity index (χ0v) is 10.8. The number of carbonyl (C=O) groups excluding carboxylic acids is 1. The Morgan fingerprint density at radius 3 is 2.53 bits per heavy atom. The predicted molar refractivity (Wildman–Crippen MR) is 65.4 cm³/mol. The van der Waals surface area contributed by atoms with Crippen LogP contribution in [0.2, 0.25) is 0 Å². The Labute approximate surface area is 111 Å². The highest BCUT2D eigenvalue weighted by molar-refractivity contribution is 5.83. The number of carbonyl (C=O) groups is 2. The molecule has 0 aromatic rings. The van der Waals surface area contributed by atoms with Crippen molar-refractivity contribution in [2.45, 2.75) is 38.0 Å². The van der Waals surface area contributed by atoms with Crippen LogP contribution in [0.3, 0.4) is 0 Å². The summed E-state index contributed by atoms with van der Waals surface area (Å²) in [5.74, 6) is -0.862. The molecule has 1 aliphatic carbocycles. The lowest BCUT2D eigenvalue weighted by Gasteiger charge is -2.23. The summed E-state index contributed by atoms with van der Waals surface area (Å²) in [4.78, 5) is 24.4. The molecule has 5 unspecified atom stereocenters. The lowest BCUT2D eigenvalue weighted by Crippen LogP contribution is -2.52. The van der Waals surface area contributed by atoms with Gasteiger partial charge < -0.3 is 25.5 Å². The van der Waals surface area contributed by atoms with E-state index in [2.05, 4.69) is 5.32 Å². The van der Waals surface area contributed by atoms with E-state index in [0.717, 1.165) is 12.8 Å². The maximum absolute atomic E-state index is 12.0. The molecule has 0 spiro atoms. The summed E-state index contributed by atoms with van der Waals surface area (Å²) >= 11 is 0. The van der Waals surface area contributed by atoms with E-state index in [4.69, 9.17) is 5.11 Å². The van der Waals surface area contributed by atoms with Crippen molar-refractivity contribution in [3.63, 3.8) is 0 Å². The molecule has 1 saturated heterocycles. The number of aliphatic hydroxyl groups excluding tert-OH is 2. The van der Waals surface area contributed by atoms with Gasteiger partial charge in [0.2, 0.25) is 0 Å². The van der Waals surface area contributed by atoms with Gasteiger partial charge in [0.05, 0.1) is 12.2 Å². The molecule has 0 aromatic heterocycles. The van der Waals surface area contributed by atoms with Crippen molar-refractivity contribution >= 4 is 12.0 Å². The van der Waals surface area contributed by atoms with E-state index in [0.29, 0.717) is 19.0 Å². The number of carboxylic acids is 1. The SMILES string of the molecule is CC(O)C(NC(=O)N1CC2CCC(O)C2C1)C(=O)O. The highest BCUT2D eigenvalue weighted by Gasteiger charge is 2.43. The van der Waals surface area contributed by atoms with E-state index in [1.165, 1.54) is 11.8 Å². The Morgan fingerprint density at radius 1 is 1.32 bits per heavy atom. The fourth-order valence-electron chi connectivity index (χ4n) is 3.02. The average Bonchev–Trinajstić information content (AvgIpc) is 2.88. The first-order valence-electron chi connectivity index (χ1n) is 6.54. The second-order valence-corrected chi connectivity index (χ2v) is 5.48. The quantitative estimate of drug-likeness (QED) is 0.539. The zero-order valence-electron chi connectivity index (χ0n) is 10.8. The van der Waals surface area contributed by atoms with Crippen molar-refractivity contribution < 1.29 is 24.9 Å². The number of aliphatic carboxylic acids is 1. The van der Waals surface area contributed by atoms with Gasteiger partial charge in [0.1, 0.15) is 0 Å². The fourth-order valence-corrected chi connectivity index (χ4v) is 3.02. The first-order valence-corrected chi connectivity index (χ1v) is 6.54. The molecule has 1 aliphatic heterocycles. The van der Waals surface area contributed by atoms with Crippen molar-refractivity contribution in [1.82, 2.24) is 10.2 Å². The molecule has 2 amide bonds. The molecule has 2 rings (SSSR count). The van der Waals surface area contributed by atoms with Crippen LogP contribution >= 0.6 is 0 Å². The van der Waals surface area contributed by atoms with Gasteiger partial charge in [-0.2, -0.15) is 0 Å². The number of carboxylic acid groups (broad SMARTS) is 1. The number of aliphatic hydroxyl groups is 2. The molecule has 0 bridgehead atoms. The van der Waals surface area contributed by atoms with E-state index in [1.807, 2.05) is 0 Å². The van der Waals surface area contributed by atoms with Crippen molar-refractivity contribution in [2.75, 3.05) is 13.1 Å². The third kappa shape index (κ3) is 2.82. The van der Waals surface area contributed by atoms with Crippen molar-refractivity contribution in [3.05, 3.63) is 0 Å². The zero-order chi connectivity index (χ0) is 14.2. The minimum absolute atomic E-state index is 0.0978. The first kappa shape index (κ1) is 14.1. The summed E-state index contributed by atoms with van der Waals surface area (Å²) in [5, 5.41) is 30.3. The van der Waals surface area contributed by atoms with Gasteiger partial charge in [-0.1, -0.05) is 0 Å². The summed E-state index contributed by atoms with van der Waals surface area (Å²) in [7, 11) is 0. The van der Waals surface area contributed by atoms with E-state index in [-0.39, 0.29) is 12.0 Å². The fraction of sp³-hybridized carbons (Fsp3) is 0.833. The Morgan fingerprint density at radius 2 is 2.00 bits per heavy atom. The molecule has 0 aromatic carbocycles. The van der Waals surface area contributed by atoms with Crippen LogP contribution in [0.15, 0.2) is 0 Å². The Kier molecular flexibility index (Phi) is 3.96. The van der Waals surface area contributed by atoms with E-state index in [1.54, 1.807) is 0 Å². The van der Waals surface area contributed by atoms with Crippen LogP contribution < -0.4 is 5.32 Å². The first-order chi connectivity index (χ1) is 8.90. The maximum atomic E-state index is 12.0. The van der Waals surface area contributed by atoms with Crippen molar-refractivity contribution in [3.8, 4) is 0 Å². The van der Waals surface area contributed by atoms with Gasteiger partial charge in [0, 0.05) is 19.0 Å². The predicted octanol–water partition coefficient (Wildman–Crippen LogP) is -0.767. The smallest absolute Gasteiger partial charge is 0.328 e. The lowest BCUT2D eigenvalue weighted by atomic mass is 10.00. The molecule has 7 nitrogen and oxygen atoms in total. The molecule has 7 heteroatoms. The number of urea groups is 1. The van der Waals surface area contributed by atoms with Gasteiger partial charge >= 0.3 is 12.0 Å². The molecule has 108 valence electrons. The number of hydrogen-bond donors (Lipinski definition) is 4. The molecule has 1 heterocycles. The van der Waals surface area contributed by atoms with Gasteiger partial charge in [-0.25, -0.2) is 9.59 Å². The third-order valence-electron chi connectivity index (χ3n) is 4.13. The molecule has 2 fully saturated rings. The van der Waals surface area contributed by atoms with Gasteiger partial charge in [0.25, 0.3) is 0 Å². The third-order valence-corrected chi connectivity index (χ3v) is 4.13. The minimum Gasteiger partial charge on any atom is -0.480 e. The Hall–Kier alpha value is -1.34. The number of rotatable bonds is 3. The van der Waals surface area contributed by atoms with Crippen molar-refractivity contribution in [2.24, 2.45) is 11.8 Å². The monoisotopic (exact) mass is 272 g/mol. The van der Waals surface area contributed by atoms with E-state index >= 15 is 0 Å². The second-order valence-electron chi connectivity index (χ2n) is 5.48. The van der Waals surface area contributed by atoms with Crippen molar-refractivity contribution in [1.29, 1.82) is 0 Å². The largest absolute Gasteiger partial charge is 0.480 e. The van der Waals surface area contributed by atoms with E-state index < -0.39 is 24.1 Å². The minimum atomic E-state index is -1.31. The molecular formula is C12H20N2O5. The van der Waals surface area contributed by atoms with Crippen LogP contribution in [0.5, 0.6) is 0 Å². The van der Waals surface area contributed by atoms with Crippen LogP contribution in [0.4, 0.5) is 4.79 Å². The van der Waals surface area contributed by atoms with Gasteiger partial charge in [-0.3, -0.25) is 0 Å². The lowest BCUT2D eigenvalue weighted by molar-refractivity contribution is -0.141. The number of nitrogens with one attached hydrogen (secondary N) is 1. The molecule has 1 saturated carbocycles. The normalized spacial score (nSPS) is 32.8. The summed E-state index contributed by atoms with van der Waals surface area (Å²) in [6, 6.07) is -1.80. The van der Waals surface area contributed by atoms with Crippen LogP contribution in [-0.2, 0) is 4.79 Å². The Balaban J connectivity index is 1.93. The Bertz CT molecular complexity index is 373. The number of nitrogens with zero attached hydrogens (tertiary/aromatic N) is 1. The van der Waals surface area contributed by atoms with Gasteiger partial charge in [-0.05, 0) is 25.7 Å². The van der Waals surface area contributed by atoms with Gasteiger partial charge in [-0.15, -0.1) is 0 Å². The number of likely N-dealkylation sites (tertiary alicyclic amines) is 1. The van der Waals surface area contributed by atoms with Crippen LogP contribution in [0, 0.1) is 11.8 Å². The number of fused-ring (bicyclic) bond motifs is 1. The maximum Gasteiger partial charge on any atom is 0.328 e. The summed E-state index contributed by atoms with van der Waals surface area (Å²) in [5.41, 5.74) is 0. The highest BCUT2D eigenvalue weighted by atomic mass is 16.4. The highest BCUT2D eigenvalue weighted by Crippen LogP contribution is 2.37. The molecular weight excluding hydrogens is 252 g/mol. The molecule has 19 heavy (non-hydrogen) atoms. The molecule has 4 N–H and O–H groups in total. The average molecular weight is 272 g/mol. The van der Waals surface area contributed by atoms with Crippen LogP contribution in [0.1, 0.15) is 19.8 Å². The summed E-state index contributed by atoms with van der Waals surface area (Å²) in [6.45, 7) is 2.31. The van der Waals surface area contributed by atoms with E-state index in [9.17, 15) is 19.8 Å². The van der Waals surface area contributed by atoms with Crippen LogP contribution in [0.25, 0.3) is 0 Å². The summed E-state index contributed by atoms with van der Waals surface area (Å²) in [6.07, 6.45) is 0.147. The molecule has 0 radical (unpaired) electrons. The number of hydrogen-bond acceptors (Lipinski definition) is 4.